The van der Waals surface area contributed by atoms with E-state index in [-0.39, 0.29) is 18.4 Å². The Morgan fingerprint density at radius 1 is 1.35 bits per heavy atom. The fraction of sp³-hybridized carbons (Fsp3) is 0.529. The van der Waals surface area contributed by atoms with Crippen molar-refractivity contribution in [3.8, 4) is 0 Å². The highest BCUT2D eigenvalue weighted by atomic mass is 35.5. The fourth-order valence-corrected chi connectivity index (χ4v) is 2.99. The molecule has 1 heterocycles. The van der Waals surface area contributed by atoms with Crippen molar-refractivity contribution in [3.05, 3.63) is 28.8 Å². The molecule has 0 aliphatic carbocycles. The summed E-state index contributed by atoms with van der Waals surface area (Å²) in [4.78, 5) is 27.8. The van der Waals surface area contributed by atoms with Crippen LogP contribution in [0.15, 0.2) is 18.2 Å². The number of likely N-dealkylation sites (tertiary alicyclic amines) is 1. The monoisotopic (exact) mass is 337 g/mol. The maximum atomic E-state index is 12.3. The lowest BCUT2D eigenvalue weighted by Gasteiger charge is -2.33. The molecule has 1 N–H and O–H groups in total. The molecule has 2 amide bonds. The molecule has 1 fully saturated rings. The molecule has 1 saturated heterocycles. The molecule has 126 valence electrons. The molecule has 1 aromatic rings. The third-order valence-corrected chi connectivity index (χ3v) is 4.50. The zero-order valence-electron chi connectivity index (χ0n) is 13.9. The molecule has 1 atom stereocenters. The van der Waals surface area contributed by atoms with Crippen molar-refractivity contribution in [2.75, 3.05) is 32.5 Å². The largest absolute Gasteiger partial charge is 0.376 e. The van der Waals surface area contributed by atoms with Gasteiger partial charge in [-0.15, -0.1) is 0 Å². The zero-order valence-corrected chi connectivity index (χ0v) is 14.7. The number of amides is 2. The summed E-state index contributed by atoms with van der Waals surface area (Å²) in [7, 11) is 3.36. The van der Waals surface area contributed by atoms with Gasteiger partial charge in [0.25, 0.3) is 5.91 Å². The van der Waals surface area contributed by atoms with Gasteiger partial charge in [-0.25, -0.2) is 0 Å². The average Bonchev–Trinajstić information content (AvgIpc) is 2.53. The van der Waals surface area contributed by atoms with Crippen LogP contribution in [-0.4, -0.2) is 54.8 Å². The highest BCUT2D eigenvalue weighted by Crippen LogP contribution is 2.22. The van der Waals surface area contributed by atoms with Crippen LogP contribution >= 0.6 is 11.6 Å². The highest BCUT2D eigenvalue weighted by Gasteiger charge is 2.22. The Balaban J connectivity index is 2.02. The van der Waals surface area contributed by atoms with Gasteiger partial charge in [0.2, 0.25) is 5.91 Å². The topological polar surface area (TPSA) is 52.7 Å². The van der Waals surface area contributed by atoms with E-state index in [1.807, 2.05) is 4.90 Å². The molecule has 0 bridgehead atoms. The first-order valence-electron chi connectivity index (χ1n) is 7.94. The van der Waals surface area contributed by atoms with E-state index in [9.17, 15) is 9.59 Å². The van der Waals surface area contributed by atoms with Gasteiger partial charge in [0.15, 0.2) is 0 Å². The minimum Gasteiger partial charge on any atom is -0.376 e. The van der Waals surface area contributed by atoms with Crippen molar-refractivity contribution in [2.24, 2.45) is 0 Å². The normalized spacial score (nSPS) is 17.7. The summed E-state index contributed by atoms with van der Waals surface area (Å²) in [6.07, 6.45) is 3.32. The van der Waals surface area contributed by atoms with Gasteiger partial charge >= 0.3 is 0 Å². The van der Waals surface area contributed by atoms with Crippen molar-refractivity contribution >= 4 is 29.1 Å². The number of halogens is 1. The number of hydrogen-bond acceptors (Lipinski definition) is 3. The van der Waals surface area contributed by atoms with E-state index in [1.54, 1.807) is 32.3 Å². The van der Waals surface area contributed by atoms with Crippen molar-refractivity contribution < 1.29 is 9.59 Å². The summed E-state index contributed by atoms with van der Waals surface area (Å²) in [6.45, 7) is 3.14. The van der Waals surface area contributed by atoms with E-state index in [1.165, 1.54) is 11.3 Å². The van der Waals surface area contributed by atoms with Crippen LogP contribution in [0, 0.1) is 0 Å². The second-order valence-electron chi connectivity index (χ2n) is 6.18. The molecular weight excluding hydrogens is 314 g/mol. The third-order valence-electron chi connectivity index (χ3n) is 4.17. The molecule has 6 heteroatoms. The van der Waals surface area contributed by atoms with Crippen LogP contribution in [0.4, 0.5) is 5.69 Å². The van der Waals surface area contributed by atoms with Crippen LogP contribution in [0.3, 0.4) is 0 Å². The Labute approximate surface area is 142 Å². The fourth-order valence-electron chi connectivity index (χ4n) is 2.79. The molecule has 1 aromatic carbocycles. The molecule has 0 unspecified atom stereocenters. The van der Waals surface area contributed by atoms with E-state index >= 15 is 0 Å². The first-order chi connectivity index (χ1) is 10.9. The first-order valence-corrected chi connectivity index (χ1v) is 8.32. The number of piperidine rings is 1. The highest BCUT2D eigenvalue weighted by molar-refractivity contribution is 6.34. The van der Waals surface area contributed by atoms with Gasteiger partial charge in [-0.3, -0.25) is 9.59 Å². The van der Waals surface area contributed by atoms with Gasteiger partial charge in [0.05, 0.1) is 17.1 Å². The van der Waals surface area contributed by atoms with E-state index < -0.39 is 0 Å². The summed E-state index contributed by atoms with van der Waals surface area (Å²) in [5.41, 5.74) is 1.15. The summed E-state index contributed by atoms with van der Waals surface area (Å²) in [6, 6.07) is 5.45. The minimum atomic E-state index is -0.158. The Bertz CT molecular complexity index is 589. The maximum Gasteiger partial charge on any atom is 0.254 e. The number of anilines is 1. The van der Waals surface area contributed by atoms with E-state index in [2.05, 4.69) is 12.2 Å². The van der Waals surface area contributed by atoms with Crippen molar-refractivity contribution in [2.45, 2.75) is 32.2 Å². The molecule has 1 aliphatic heterocycles. The summed E-state index contributed by atoms with van der Waals surface area (Å²) >= 11 is 6.09. The molecule has 0 saturated carbocycles. The number of nitrogens with one attached hydrogen (secondary N) is 1. The molecule has 0 spiro atoms. The Morgan fingerprint density at radius 2 is 2.09 bits per heavy atom. The second-order valence-corrected chi connectivity index (χ2v) is 6.59. The lowest BCUT2D eigenvalue weighted by Crippen LogP contribution is -2.44. The summed E-state index contributed by atoms with van der Waals surface area (Å²) in [5.74, 6) is -0.0673. The number of nitrogens with zero attached hydrogens (tertiary/aromatic N) is 2. The predicted molar refractivity (Wildman–Crippen MR) is 93.0 cm³/mol. The van der Waals surface area contributed by atoms with E-state index in [4.69, 9.17) is 11.6 Å². The van der Waals surface area contributed by atoms with Crippen molar-refractivity contribution in [1.82, 2.24) is 9.80 Å². The van der Waals surface area contributed by atoms with Gasteiger partial charge < -0.3 is 15.1 Å². The van der Waals surface area contributed by atoms with Crippen LogP contribution in [0.1, 0.15) is 36.5 Å². The Morgan fingerprint density at radius 3 is 2.74 bits per heavy atom. The summed E-state index contributed by atoms with van der Waals surface area (Å²) < 4.78 is 0. The van der Waals surface area contributed by atoms with Crippen LogP contribution in [0.25, 0.3) is 0 Å². The van der Waals surface area contributed by atoms with Crippen molar-refractivity contribution in [3.63, 3.8) is 0 Å². The number of carbonyl (C=O) groups excluding carboxylic acids is 2. The van der Waals surface area contributed by atoms with Gasteiger partial charge in [-0.2, -0.15) is 0 Å². The Kier molecular flexibility index (Phi) is 5.88. The maximum absolute atomic E-state index is 12.3. The standard InChI is InChI=1S/C17H24ClN3O2/c1-12-6-4-5-9-21(12)16(22)11-19-13-7-8-15(18)14(10-13)17(23)20(2)3/h7-8,10,12,19H,4-6,9,11H2,1-3H3/t12-/m0/s1. The van der Waals surface area contributed by atoms with Crippen molar-refractivity contribution in [1.29, 1.82) is 0 Å². The van der Waals surface area contributed by atoms with Gasteiger partial charge in [0, 0.05) is 32.4 Å². The predicted octanol–water partition coefficient (Wildman–Crippen LogP) is 2.85. The Hall–Kier alpha value is -1.75. The molecule has 5 nitrogen and oxygen atoms in total. The molecule has 23 heavy (non-hydrogen) atoms. The average molecular weight is 338 g/mol. The van der Waals surface area contributed by atoms with E-state index in [0.29, 0.717) is 16.6 Å². The quantitative estimate of drug-likeness (QED) is 0.919. The van der Waals surface area contributed by atoms with Gasteiger partial charge in [0.1, 0.15) is 0 Å². The number of benzene rings is 1. The number of rotatable bonds is 4. The first kappa shape index (κ1) is 17.6. The molecular formula is C17H24ClN3O2. The minimum absolute atomic E-state index is 0.0904. The third kappa shape index (κ3) is 4.38. The van der Waals surface area contributed by atoms with Crippen LogP contribution < -0.4 is 5.32 Å². The smallest absolute Gasteiger partial charge is 0.254 e. The number of hydrogen-bond donors (Lipinski definition) is 1. The van der Waals surface area contributed by atoms with Crippen LogP contribution in [-0.2, 0) is 4.79 Å². The lowest BCUT2D eigenvalue weighted by molar-refractivity contribution is -0.132. The molecule has 1 aliphatic rings. The van der Waals surface area contributed by atoms with Crippen LogP contribution in [0.5, 0.6) is 0 Å². The molecule has 2 rings (SSSR count). The second kappa shape index (κ2) is 7.68. The summed E-state index contributed by atoms with van der Waals surface area (Å²) in [5, 5.41) is 3.51. The van der Waals surface area contributed by atoms with Gasteiger partial charge in [-0.1, -0.05) is 11.6 Å². The van der Waals surface area contributed by atoms with E-state index in [0.717, 1.165) is 25.1 Å². The lowest BCUT2D eigenvalue weighted by atomic mass is 10.0. The molecule has 0 aromatic heterocycles. The number of carbonyl (C=O) groups is 2. The molecule has 0 radical (unpaired) electrons. The van der Waals surface area contributed by atoms with Crippen LogP contribution in [0.2, 0.25) is 5.02 Å². The van der Waals surface area contributed by atoms with Gasteiger partial charge in [-0.05, 0) is 44.4 Å². The SMILES string of the molecule is C[C@H]1CCCCN1C(=O)CNc1ccc(Cl)c(C(=O)N(C)C)c1. The zero-order chi connectivity index (χ0) is 17.0.